The smallest absolute Gasteiger partial charge is 0.160 e. The zero-order valence-electron chi connectivity index (χ0n) is 30.1. The SMILES string of the molecule is c1ccc(-c2ccc(-c3cc(-c4ccc(-n5c6ccc7cccc8oc9cccc%10ccc5c(c%109)c6c78)c5ccccc45)nc(-c4ccccc4)n3)cc2)cc1. The van der Waals surface area contributed by atoms with Crippen molar-refractivity contribution in [1.82, 2.24) is 14.5 Å². The van der Waals surface area contributed by atoms with E-state index < -0.39 is 0 Å². The van der Waals surface area contributed by atoms with Crippen molar-refractivity contribution in [3.8, 4) is 50.7 Å². The molecule has 4 nitrogen and oxygen atoms in total. The summed E-state index contributed by atoms with van der Waals surface area (Å²) in [5, 5.41) is 9.36. The minimum atomic E-state index is 0.697. The van der Waals surface area contributed by atoms with Gasteiger partial charge in [-0.1, -0.05) is 152 Å². The number of nitrogens with zero attached hydrogens (tertiary/aromatic N) is 3. The number of benzene rings is 9. The fourth-order valence-corrected chi connectivity index (χ4v) is 8.84. The van der Waals surface area contributed by atoms with Gasteiger partial charge in [-0.15, -0.1) is 0 Å². The summed E-state index contributed by atoms with van der Waals surface area (Å²) in [6.45, 7) is 0. The molecule has 260 valence electrons. The third-order valence-electron chi connectivity index (χ3n) is 11.4. The van der Waals surface area contributed by atoms with Crippen molar-refractivity contribution >= 4 is 65.3 Å². The van der Waals surface area contributed by atoms with Crippen molar-refractivity contribution in [3.05, 3.63) is 188 Å². The van der Waals surface area contributed by atoms with Gasteiger partial charge in [0.05, 0.1) is 28.1 Å². The first-order chi connectivity index (χ1) is 27.8. The highest BCUT2D eigenvalue weighted by atomic mass is 16.3. The summed E-state index contributed by atoms with van der Waals surface area (Å²) in [4.78, 5) is 10.4. The Bertz CT molecular complexity index is 3350. The fourth-order valence-electron chi connectivity index (χ4n) is 8.84. The fraction of sp³-hybridized carbons (Fsp3) is 0. The molecule has 0 aliphatic heterocycles. The van der Waals surface area contributed by atoms with Gasteiger partial charge in [0.2, 0.25) is 0 Å². The van der Waals surface area contributed by atoms with E-state index in [1.807, 2.05) is 24.3 Å². The van der Waals surface area contributed by atoms with Crippen LogP contribution in [0, 0.1) is 0 Å². The van der Waals surface area contributed by atoms with Crippen LogP contribution in [0.25, 0.3) is 116 Å². The highest BCUT2D eigenvalue weighted by molar-refractivity contribution is 6.33. The Morgan fingerprint density at radius 2 is 0.929 bits per heavy atom. The molecule has 0 N–H and O–H groups in total. The van der Waals surface area contributed by atoms with Gasteiger partial charge in [-0.25, -0.2) is 9.97 Å². The Hall–Kier alpha value is -7.56. The molecule has 12 rings (SSSR count). The highest BCUT2D eigenvalue weighted by Gasteiger charge is 2.23. The number of rotatable bonds is 5. The van der Waals surface area contributed by atoms with Crippen LogP contribution in [-0.4, -0.2) is 14.5 Å². The van der Waals surface area contributed by atoms with Crippen LogP contribution in [0.1, 0.15) is 0 Å². The molecular formula is C52H31N3O. The Balaban J connectivity index is 1.10. The molecular weight excluding hydrogens is 683 g/mol. The first-order valence-corrected chi connectivity index (χ1v) is 19.0. The molecule has 0 fully saturated rings. The number of aromatic nitrogens is 3. The van der Waals surface area contributed by atoms with Gasteiger partial charge in [-0.05, 0) is 63.7 Å². The van der Waals surface area contributed by atoms with Crippen LogP contribution in [0.2, 0.25) is 0 Å². The van der Waals surface area contributed by atoms with E-state index in [9.17, 15) is 0 Å². The monoisotopic (exact) mass is 713 g/mol. The van der Waals surface area contributed by atoms with Crippen LogP contribution in [0.3, 0.4) is 0 Å². The Labute approximate surface area is 321 Å². The maximum atomic E-state index is 6.68. The molecule has 12 aromatic rings. The maximum Gasteiger partial charge on any atom is 0.160 e. The molecule has 9 aromatic carbocycles. The number of hydrogen-bond donors (Lipinski definition) is 0. The summed E-state index contributed by atoms with van der Waals surface area (Å²) in [7, 11) is 0. The van der Waals surface area contributed by atoms with E-state index in [0.29, 0.717) is 5.82 Å². The van der Waals surface area contributed by atoms with Gasteiger partial charge in [0.1, 0.15) is 11.2 Å². The summed E-state index contributed by atoms with van der Waals surface area (Å²) in [6.07, 6.45) is 0. The van der Waals surface area contributed by atoms with Gasteiger partial charge >= 0.3 is 0 Å². The lowest BCUT2D eigenvalue weighted by Gasteiger charge is -2.16. The summed E-state index contributed by atoms with van der Waals surface area (Å²) >= 11 is 0. The second-order valence-electron chi connectivity index (χ2n) is 14.5. The molecule has 0 radical (unpaired) electrons. The normalized spacial score (nSPS) is 11.9. The van der Waals surface area contributed by atoms with Crippen LogP contribution in [0.5, 0.6) is 0 Å². The summed E-state index contributed by atoms with van der Waals surface area (Å²) in [5.74, 6) is 0.697. The van der Waals surface area contributed by atoms with Crippen LogP contribution >= 0.6 is 0 Å². The van der Waals surface area contributed by atoms with Crippen LogP contribution < -0.4 is 0 Å². The molecule has 0 amide bonds. The highest BCUT2D eigenvalue weighted by Crippen LogP contribution is 2.46. The van der Waals surface area contributed by atoms with Gasteiger partial charge in [0.25, 0.3) is 0 Å². The van der Waals surface area contributed by atoms with E-state index in [1.165, 1.54) is 32.7 Å². The molecule has 0 spiro atoms. The minimum absolute atomic E-state index is 0.697. The number of fused-ring (bicyclic) bond motifs is 1. The van der Waals surface area contributed by atoms with Gasteiger partial charge in [0, 0.05) is 43.6 Å². The Morgan fingerprint density at radius 1 is 0.375 bits per heavy atom. The largest absolute Gasteiger partial charge is 0.456 e. The van der Waals surface area contributed by atoms with E-state index in [0.717, 1.165) is 77.5 Å². The summed E-state index contributed by atoms with van der Waals surface area (Å²) < 4.78 is 9.13. The molecule has 0 aliphatic carbocycles. The van der Waals surface area contributed by atoms with E-state index in [4.69, 9.17) is 14.4 Å². The molecule has 0 aliphatic rings. The predicted octanol–water partition coefficient (Wildman–Crippen LogP) is 13.9. The zero-order valence-corrected chi connectivity index (χ0v) is 30.1. The quantitative estimate of drug-likeness (QED) is 0.178. The molecule has 3 heterocycles. The van der Waals surface area contributed by atoms with E-state index >= 15 is 0 Å². The van der Waals surface area contributed by atoms with Gasteiger partial charge in [0.15, 0.2) is 5.82 Å². The molecule has 0 unspecified atom stereocenters. The van der Waals surface area contributed by atoms with E-state index in [2.05, 4.69) is 168 Å². The average molecular weight is 714 g/mol. The molecule has 4 heteroatoms. The lowest BCUT2D eigenvalue weighted by atomic mass is 9.98. The van der Waals surface area contributed by atoms with Crippen molar-refractivity contribution in [2.24, 2.45) is 0 Å². The van der Waals surface area contributed by atoms with Crippen molar-refractivity contribution < 1.29 is 4.42 Å². The molecule has 0 atom stereocenters. The van der Waals surface area contributed by atoms with E-state index in [1.54, 1.807) is 0 Å². The first kappa shape index (κ1) is 30.9. The average Bonchev–Trinajstić information content (AvgIpc) is 3.52. The number of hydrogen-bond acceptors (Lipinski definition) is 3. The molecule has 0 saturated carbocycles. The van der Waals surface area contributed by atoms with Gasteiger partial charge in [-0.3, -0.25) is 0 Å². The minimum Gasteiger partial charge on any atom is -0.456 e. The Kier molecular flexibility index (Phi) is 6.60. The van der Waals surface area contributed by atoms with Crippen molar-refractivity contribution in [1.29, 1.82) is 0 Å². The van der Waals surface area contributed by atoms with Crippen molar-refractivity contribution in [2.75, 3.05) is 0 Å². The predicted molar refractivity (Wildman–Crippen MR) is 232 cm³/mol. The molecule has 0 bridgehead atoms. The topological polar surface area (TPSA) is 43.9 Å². The second-order valence-corrected chi connectivity index (χ2v) is 14.5. The standard InChI is InChI=1S/C52H31N3O/c1-3-11-32(12-4-1)33-21-23-34(24-22-33)41-31-42(54-52(53-41)37-13-5-2-6-14-37)39-27-30-43(40-18-8-7-17-38(39)40)55-44-28-25-35-15-9-19-46-48(35)50(44)51-45(55)29-26-36-16-10-20-47(56-46)49(36)51/h1-31H. The molecule has 56 heavy (non-hydrogen) atoms. The lowest BCUT2D eigenvalue weighted by molar-refractivity contribution is 0.664. The summed E-state index contributed by atoms with van der Waals surface area (Å²) in [5.41, 5.74) is 12.4. The third kappa shape index (κ3) is 4.60. The zero-order chi connectivity index (χ0) is 36.7. The van der Waals surface area contributed by atoms with E-state index in [-0.39, 0.29) is 0 Å². The maximum absolute atomic E-state index is 6.68. The van der Waals surface area contributed by atoms with Crippen LogP contribution in [0.4, 0.5) is 0 Å². The summed E-state index contributed by atoms with van der Waals surface area (Å²) in [6, 6.07) is 66.5. The molecule has 3 aromatic heterocycles. The third-order valence-corrected chi connectivity index (χ3v) is 11.4. The first-order valence-electron chi connectivity index (χ1n) is 19.0. The molecule has 0 saturated heterocycles. The van der Waals surface area contributed by atoms with Crippen molar-refractivity contribution in [3.63, 3.8) is 0 Å². The van der Waals surface area contributed by atoms with Crippen LogP contribution in [-0.2, 0) is 0 Å². The van der Waals surface area contributed by atoms with Crippen molar-refractivity contribution in [2.45, 2.75) is 0 Å². The van der Waals surface area contributed by atoms with Gasteiger partial charge in [-0.2, -0.15) is 0 Å². The Morgan fingerprint density at radius 3 is 1.59 bits per heavy atom. The lowest BCUT2D eigenvalue weighted by Crippen LogP contribution is -1.99. The van der Waals surface area contributed by atoms with Crippen LogP contribution in [0.15, 0.2) is 192 Å². The second kappa shape index (κ2) is 12.0. The van der Waals surface area contributed by atoms with Gasteiger partial charge < -0.3 is 8.98 Å².